The molecule has 0 unspecified atom stereocenters. The van der Waals surface area contributed by atoms with E-state index >= 15 is 0 Å². The van der Waals surface area contributed by atoms with Gasteiger partial charge in [0.25, 0.3) is 0 Å². The first-order chi connectivity index (χ1) is 24.3. The summed E-state index contributed by atoms with van der Waals surface area (Å²) in [5.74, 6) is 0. The molecule has 0 N–H and O–H groups in total. The third kappa shape index (κ3) is 5.13. The Balaban J connectivity index is 1.31. The Morgan fingerprint density at radius 3 is 1.78 bits per heavy atom. The Hall–Kier alpha value is -7.08. The number of allylic oxidation sites excluding steroid dienone is 3. The van der Waals surface area contributed by atoms with E-state index in [2.05, 4.69) is 98.9 Å². The lowest BCUT2D eigenvalue weighted by atomic mass is 10.1. The summed E-state index contributed by atoms with van der Waals surface area (Å²) in [5.41, 5.74) is 8.28. The quantitative estimate of drug-likeness (QED) is 0.100. The van der Waals surface area contributed by atoms with Gasteiger partial charge in [0.05, 0.1) is 40.3 Å². The van der Waals surface area contributed by atoms with Crippen LogP contribution >= 0.6 is 0 Å². The summed E-state index contributed by atoms with van der Waals surface area (Å²) in [6.45, 7) is 7.71. The highest BCUT2D eigenvalue weighted by atomic mass is 15.2. The predicted molar refractivity (Wildman–Crippen MR) is 203 cm³/mol. The first-order valence-electron chi connectivity index (χ1n) is 16.0. The zero-order valence-electron chi connectivity index (χ0n) is 26.5. The van der Waals surface area contributed by atoms with Gasteiger partial charge in [0.2, 0.25) is 0 Å². The number of rotatable bonds is 7. The van der Waals surface area contributed by atoms with E-state index in [1.165, 1.54) is 22.4 Å². The monoisotopic (exact) mass is 627 g/mol. The minimum Gasteiger partial charge on any atom is -0.321 e. The van der Waals surface area contributed by atoms with Crippen molar-refractivity contribution in [3.63, 3.8) is 0 Å². The molecule has 5 nitrogen and oxygen atoms in total. The number of fused-ring (bicyclic) bond motifs is 7. The fourth-order valence-electron chi connectivity index (χ4n) is 6.82. The lowest BCUT2D eigenvalue weighted by molar-refractivity contribution is 1.18. The second-order valence-corrected chi connectivity index (χ2v) is 11.6. The molecule has 49 heavy (non-hydrogen) atoms. The van der Waals surface area contributed by atoms with Gasteiger partial charge in [-0.25, -0.2) is 4.85 Å². The minimum atomic E-state index is 0.416. The summed E-state index contributed by atoms with van der Waals surface area (Å²) in [7, 11) is 0. The second-order valence-electron chi connectivity index (χ2n) is 11.6. The van der Waals surface area contributed by atoms with Crippen LogP contribution in [0.5, 0.6) is 0 Å². The standard InChI is InChI=1S/C44H29N5/c1-46-31-36(48(33-15-5-2-6-16-33)34-17-7-3-8-18-34)29-32(30-45)27-28-47-39-23-13-11-21-37(39)43-41(47)25-26-42-44(43)38-22-12-14-24-40(38)49(42)35-19-9-4-10-20-35/h2-29,31H/b28-27+,32-29+,36-31-. The zero-order valence-corrected chi connectivity index (χ0v) is 26.5. The molecule has 8 rings (SSSR count). The maximum absolute atomic E-state index is 10.4. The van der Waals surface area contributed by atoms with Gasteiger partial charge < -0.3 is 14.0 Å². The van der Waals surface area contributed by atoms with E-state index in [0.29, 0.717) is 11.3 Å². The van der Waals surface area contributed by atoms with Crippen molar-refractivity contribution in [3.8, 4) is 11.8 Å². The largest absolute Gasteiger partial charge is 0.321 e. The van der Waals surface area contributed by atoms with Crippen LogP contribution in [-0.4, -0.2) is 9.13 Å². The lowest BCUT2D eigenvalue weighted by Crippen LogP contribution is -2.15. The van der Waals surface area contributed by atoms with Crippen molar-refractivity contribution >= 4 is 61.2 Å². The van der Waals surface area contributed by atoms with Gasteiger partial charge in [0.1, 0.15) is 0 Å². The van der Waals surface area contributed by atoms with Crippen LogP contribution in [0.3, 0.4) is 0 Å². The van der Waals surface area contributed by atoms with Crippen molar-refractivity contribution in [1.82, 2.24) is 9.13 Å². The van der Waals surface area contributed by atoms with Crippen LogP contribution in [-0.2, 0) is 0 Å². The van der Waals surface area contributed by atoms with Crippen LogP contribution in [0.15, 0.2) is 181 Å². The van der Waals surface area contributed by atoms with Gasteiger partial charge in [-0.05, 0) is 72.8 Å². The molecule has 0 aliphatic rings. The predicted octanol–water partition coefficient (Wildman–Crippen LogP) is 11.4. The average Bonchev–Trinajstić information content (AvgIpc) is 3.67. The van der Waals surface area contributed by atoms with Crippen molar-refractivity contribution in [1.29, 1.82) is 5.26 Å². The fraction of sp³-hybridized carbons (Fsp3) is 0. The van der Waals surface area contributed by atoms with E-state index in [0.717, 1.165) is 44.5 Å². The van der Waals surface area contributed by atoms with Crippen molar-refractivity contribution in [2.45, 2.75) is 0 Å². The van der Waals surface area contributed by atoms with Gasteiger partial charge in [-0.2, -0.15) is 5.26 Å². The van der Waals surface area contributed by atoms with Crippen LogP contribution in [0.1, 0.15) is 0 Å². The van der Waals surface area contributed by atoms with Crippen molar-refractivity contribution in [2.24, 2.45) is 0 Å². The van der Waals surface area contributed by atoms with Gasteiger partial charge in [0, 0.05) is 50.5 Å². The highest BCUT2D eigenvalue weighted by molar-refractivity contribution is 6.28. The summed E-state index contributed by atoms with van der Waals surface area (Å²) >= 11 is 0. The van der Waals surface area contributed by atoms with Gasteiger partial charge in [-0.1, -0.05) is 91.0 Å². The molecule has 0 aliphatic carbocycles. The number of para-hydroxylation sites is 5. The van der Waals surface area contributed by atoms with E-state index in [4.69, 9.17) is 6.57 Å². The number of benzene rings is 6. The van der Waals surface area contributed by atoms with Crippen molar-refractivity contribution in [2.75, 3.05) is 4.90 Å². The Bertz CT molecular complexity index is 2620. The number of hydrogen-bond acceptors (Lipinski definition) is 2. The maximum Gasteiger partial charge on any atom is 0.177 e. The van der Waals surface area contributed by atoms with Gasteiger partial charge in [-0.3, -0.25) is 0 Å². The summed E-state index contributed by atoms with van der Waals surface area (Å²) < 4.78 is 4.49. The Labute approximate surface area is 284 Å². The molecule has 0 bridgehead atoms. The van der Waals surface area contributed by atoms with Crippen LogP contribution in [0, 0.1) is 17.9 Å². The topological polar surface area (TPSA) is 41.2 Å². The van der Waals surface area contributed by atoms with Gasteiger partial charge in [0.15, 0.2) is 6.20 Å². The Morgan fingerprint density at radius 1 is 0.612 bits per heavy atom. The smallest absolute Gasteiger partial charge is 0.177 e. The maximum atomic E-state index is 10.4. The van der Waals surface area contributed by atoms with Crippen molar-refractivity contribution < 1.29 is 0 Å². The molecule has 0 spiro atoms. The number of nitrogens with zero attached hydrogens (tertiary/aromatic N) is 5. The van der Waals surface area contributed by atoms with E-state index < -0.39 is 0 Å². The molecule has 2 heterocycles. The first kappa shape index (κ1) is 29.3. The molecule has 0 aliphatic heterocycles. The molecule has 0 saturated heterocycles. The summed E-state index contributed by atoms with van der Waals surface area (Å²) in [6, 6.07) is 54.0. The minimum absolute atomic E-state index is 0.416. The third-order valence-corrected chi connectivity index (χ3v) is 8.84. The molecule has 0 radical (unpaired) electrons. The molecular weight excluding hydrogens is 599 g/mol. The number of nitriles is 1. The SMILES string of the molecule is [C-]#[N+]/C=C(/C=C(C#N)\C=C\n1c2ccccc2c2c3c4ccccc4n(-c4ccccc4)c3ccc21)N(c1ccccc1)c1ccccc1. The number of aromatic nitrogens is 2. The van der Waals surface area contributed by atoms with E-state index in [1.807, 2.05) is 90.0 Å². The number of anilines is 2. The van der Waals surface area contributed by atoms with E-state index in [1.54, 1.807) is 6.08 Å². The van der Waals surface area contributed by atoms with Crippen LogP contribution in [0.4, 0.5) is 11.4 Å². The summed E-state index contributed by atoms with van der Waals surface area (Å²) in [4.78, 5) is 5.61. The van der Waals surface area contributed by atoms with Crippen LogP contribution in [0.25, 0.3) is 60.3 Å². The molecule has 8 aromatic rings. The van der Waals surface area contributed by atoms with E-state index in [-0.39, 0.29) is 0 Å². The highest BCUT2D eigenvalue weighted by Crippen LogP contribution is 2.41. The molecule has 0 fully saturated rings. The average molecular weight is 628 g/mol. The molecule has 0 saturated carbocycles. The van der Waals surface area contributed by atoms with Crippen LogP contribution < -0.4 is 4.90 Å². The normalized spacial score (nSPS) is 12.2. The Morgan fingerprint density at radius 2 is 1.14 bits per heavy atom. The van der Waals surface area contributed by atoms with Gasteiger partial charge in [-0.15, -0.1) is 0 Å². The molecule has 0 atom stereocenters. The summed E-state index contributed by atoms with van der Waals surface area (Å²) in [5, 5.41) is 15.1. The first-order valence-corrected chi connectivity index (χ1v) is 16.0. The summed E-state index contributed by atoms with van der Waals surface area (Å²) in [6.07, 6.45) is 7.03. The highest BCUT2D eigenvalue weighted by Gasteiger charge is 2.19. The number of hydrogen-bond donors (Lipinski definition) is 0. The van der Waals surface area contributed by atoms with Gasteiger partial charge >= 0.3 is 0 Å². The van der Waals surface area contributed by atoms with Crippen LogP contribution in [0.2, 0.25) is 0 Å². The molecular formula is C44H29N5. The third-order valence-electron chi connectivity index (χ3n) is 8.84. The fourth-order valence-corrected chi connectivity index (χ4v) is 6.82. The molecule has 5 heteroatoms. The molecule has 6 aromatic carbocycles. The molecule has 2 aromatic heterocycles. The Kier molecular flexibility index (Phi) is 7.55. The lowest BCUT2D eigenvalue weighted by Gasteiger charge is -2.26. The molecule has 0 amide bonds. The zero-order chi connectivity index (χ0) is 33.2. The van der Waals surface area contributed by atoms with E-state index in [9.17, 15) is 5.26 Å². The van der Waals surface area contributed by atoms with Crippen molar-refractivity contribution in [3.05, 3.63) is 193 Å². The second kappa shape index (κ2) is 12.6. The molecule has 230 valence electrons.